The normalized spacial score (nSPS) is 25.3. The Bertz CT molecular complexity index is 380. The second-order valence-electron chi connectivity index (χ2n) is 3.97. The van der Waals surface area contributed by atoms with Gasteiger partial charge in [-0.1, -0.05) is 11.6 Å². The minimum absolute atomic E-state index is 0.0205. The Morgan fingerprint density at radius 3 is 3.00 bits per heavy atom. The van der Waals surface area contributed by atoms with E-state index in [1.165, 1.54) is 0 Å². The molecule has 2 heterocycles. The average Bonchev–Trinajstić information content (AvgIpc) is 2.30. The van der Waals surface area contributed by atoms with E-state index in [1.807, 2.05) is 6.07 Å². The van der Waals surface area contributed by atoms with Gasteiger partial charge in [-0.25, -0.2) is 0 Å². The number of aliphatic carboxylic acids is 1. The molecule has 2 unspecified atom stereocenters. The molecule has 0 amide bonds. The summed E-state index contributed by atoms with van der Waals surface area (Å²) in [6.45, 7) is 0.714. The lowest BCUT2D eigenvalue weighted by Crippen LogP contribution is -2.35. The third-order valence-corrected chi connectivity index (χ3v) is 3.08. The molecule has 0 aromatic carbocycles. The number of carboxylic acid groups (broad SMARTS) is 1. The number of piperidine rings is 1. The maximum Gasteiger partial charge on any atom is 0.306 e. The Balaban J connectivity index is 2.09. The Kier molecular flexibility index (Phi) is 3.41. The minimum atomic E-state index is -0.722. The van der Waals surface area contributed by atoms with Crippen molar-refractivity contribution in [1.82, 2.24) is 10.3 Å². The van der Waals surface area contributed by atoms with E-state index in [0.717, 1.165) is 5.69 Å². The van der Waals surface area contributed by atoms with Crippen molar-refractivity contribution in [3.63, 3.8) is 0 Å². The number of hydrogen-bond acceptors (Lipinski definition) is 3. The maximum atomic E-state index is 10.9. The van der Waals surface area contributed by atoms with Crippen LogP contribution in [0.3, 0.4) is 0 Å². The summed E-state index contributed by atoms with van der Waals surface area (Å²) < 4.78 is 0. The number of halogens is 1. The third-order valence-electron chi connectivity index (χ3n) is 2.86. The number of nitrogens with zero attached hydrogens (tertiary/aromatic N) is 1. The Morgan fingerprint density at radius 2 is 2.38 bits per heavy atom. The number of pyridine rings is 1. The van der Waals surface area contributed by atoms with Crippen LogP contribution < -0.4 is 5.32 Å². The molecule has 0 aliphatic carbocycles. The van der Waals surface area contributed by atoms with Crippen molar-refractivity contribution in [1.29, 1.82) is 0 Å². The van der Waals surface area contributed by atoms with Crippen LogP contribution in [0.4, 0.5) is 0 Å². The van der Waals surface area contributed by atoms with Gasteiger partial charge in [0.05, 0.1) is 22.7 Å². The van der Waals surface area contributed by atoms with Crippen LogP contribution in [0.25, 0.3) is 0 Å². The molecular weight excluding hydrogens is 228 g/mol. The molecule has 2 rings (SSSR count). The van der Waals surface area contributed by atoms with Crippen LogP contribution in [-0.4, -0.2) is 22.6 Å². The number of hydrogen-bond donors (Lipinski definition) is 2. The topological polar surface area (TPSA) is 62.2 Å². The first kappa shape index (κ1) is 11.4. The molecule has 2 N–H and O–H groups in total. The van der Waals surface area contributed by atoms with Gasteiger partial charge in [-0.2, -0.15) is 0 Å². The van der Waals surface area contributed by atoms with Crippen molar-refractivity contribution in [2.45, 2.75) is 18.9 Å². The van der Waals surface area contributed by atoms with E-state index in [2.05, 4.69) is 10.3 Å². The highest BCUT2D eigenvalue weighted by Crippen LogP contribution is 2.26. The number of carboxylic acids is 1. The highest BCUT2D eigenvalue weighted by Gasteiger charge is 2.27. The molecule has 1 fully saturated rings. The minimum Gasteiger partial charge on any atom is -0.481 e. The molecule has 0 saturated carbocycles. The summed E-state index contributed by atoms with van der Waals surface area (Å²) in [6.07, 6.45) is 2.85. The molecule has 16 heavy (non-hydrogen) atoms. The summed E-state index contributed by atoms with van der Waals surface area (Å²) in [5.41, 5.74) is 0.857. The van der Waals surface area contributed by atoms with Crippen LogP contribution in [0.1, 0.15) is 24.6 Å². The molecule has 0 bridgehead atoms. The van der Waals surface area contributed by atoms with Gasteiger partial charge in [0.2, 0.25) is 0 Å². The molecule has 1 aromatic heterocycles. The lowest BCUT2D eigenvalue weighted by Gasteiger charge is -2.27. The predicted molar refractivity (Wildman–Crippen MR) is 60.4 cm³/mol. The Hall–Kier alpha value is -1.13. The summed E-state index contributed by atoms with van der Waals surface area (Å²) in [6, 6.07) is 3.63. The van der Waals surface area contributed by atoms with Crippen LogP contribution in [0.15, 0.2) is 18.3 Å². The van der Waals surface area contributed by atoms with E-state index in [9.17, 15) is 4.79 Å². The van der Waals surface area contributed by atoms with Crippen molar-refractivity contribution in [3.8, 4) is 0 Å². The molecule has 1 aliphatic heterocycles. The van der Waals surface area contributed by atoms with Crippen LogP contribution in [-0.2, 0) is 4.79 Å². The Morgan fingerprint density at radius 1 is 1.56 bits per heavy atom. The first-order valence-corrected chi connectivity index (χ1v) is 5.62. The van der Waals surface area contributed by atoms with E-state index in [0.29, 0.717) is 24.4 Å². The zero-order valence-corrected chi connectivity index (χ0v) is 9.44. The Labute approximate surface area is 98.6 Å². The largest absolute Gasteiger partial charge is 0.481 e. The number of rotatable bonds is 2. The average molecular weight is 241 g/mol. The summed E-state index contributed by atoms with van der Waals surface area (Å²) in [5, 5.41) is 12.8. The van der Waals surface area contributed by atoms with Crippen molar-refractivity contribution in [2.75, 3.05) is 6.54 Å². The van der Waals surface area contributed by atoms with Gasteiger partial charge in [-0.05, 0) is 31.5 Å². The SMILES string of the molecule is O=C(O)C1CCNC(c2ccc(Cl)cn2)C1. The molecule has 1 saturated heterocycles. The summed E-state index contributed by atoms with van der Waals surface area (Å²) >= 11 is 5.75. The van der Waals surface area contributed by atoms with Crippen LogP contribution >= 0.6 is 11.6 Å². The summed E-state index contributed by atoms with van der Waals surface area (Å²) in [5.74, 6) is -0.996. The quantitative estimate of drug-likeness (QED) is 0.828. The van der Waals surface area contributed by atoms with E-state index < -0.39 is 5.97 Å². The van der Waals surface area contributed by atoms with Crippen molar-refractivity contribution in [3.05, 3.63) is 29.0 Å². The van der Waals surface area contributed by atoms with Gasteiger partial charge < -0.3 is 10.4 Å². The van der Waals surface area contributed by atoms with Gasteiger partial charge in [-0.3, -0.25) is 9.78 Å². The first-order chi connectivity index (χ1) is 7.66. The second-order valence-corrected chi connectivity index (χ2v) is 4.40. The molecule has 1 aromatic rings. The number of aromatic nitrogens is 1. The fourth-order valence-corrected chi connectivity index (χ4v) is 2.07. The summed E-state index contributed by atoms with van der Waals surface area (Å²) in [4.78, 5) is 15.1. The van der Waals surface area contributed by atoms with Crippen LogP contribution in [0.2, 0.25) is 5.02 Å². The molecule has 2 atom stereocenters. The fraction of sp³-hybridized carbons (Fsp3) is 0.455. The standard InChI is InChI=1S/C11H13ClN2O2/c12-8-1-2-9(14-6-8)10-5-7(11(15)16)3-4-13-10/h1-2,6-7,10,13H,3-5H2,(H,15,16). The molecular formula is C11H13ClN2O2. The number of nitrogens with one attached hydrogen (secondary N) is 1. The molecule has 0 spiro atoms. The van der Waals surface area contributed by atoms with Gasteiger partial charge >= 0.3 is 5.97 Å². The lowest BCUT2D eigenvalue weighted by molar-refractivity contribution is -0.143. The molecule has 1 aliphatic rings. The van der Waals surface area contributed by atoms with Gasteiger partial charge in [0.1, 0.15) is 0 Å². The highest BCUT2D eigenvalue weighted by atomic mass is 35.5. The lowest BCUT2D eigenvalue weighted by atomic mass is 9.91. The second kappa shape index (κ2) is 4.80. The number of carbonyl (C=O) groups is 1. The maximum absolute atomic E-state index is 10.9. The summed E-state index contributed by atoms with van der Waals surface area (Å²) in [7, 11) is 0. The van der Waals surface area contributed by atoms with Crippen molar-refractivity contribution >= 4 is 17.6 Å². The van der Waals surface area contributed by atoms with Crippen molar-refractivity contribution < 1.29 is 9.90 Å². The van der Waals surface area contributed by atoms with Crippen LogP contribution in [0, 0.1) is 5.92 Å². The van der Waals surface area contributed by atoms with E-state index in [-0.39, 0.29) is 12.0 Å². The van der Waals surface area contributed by atoms with E-state index >= 15 is 0 Å². The monoisotopic (exact) mass is 240 g/mol. The molecule has 86 valence electrons. The third kappa shape index (κ3) is 2.51. The van der Waals surface area contributed by atoms with Gasteiger partial charge in [0, 0.05) is 6.20 Å². The fourth-order valence-electron chi connectivity index (χ4n) is 1.96. The highest BCUT2D eigenvalue weighted by molar-refractivity contribution is 6.30. The van der Waals surface area contributed by atoms with Gasteiger partial charge in [0.25, 0.3) is 0 Å². The van der Waals surface area contributed by atoms with E-state index in [1.54, 1.807) is 12.3 Å². The van der Waals surface area contributed by atoms with Crippen molar-refractivity contribution in [2.24, 2.45) is 5.92 Å². The smallest absolute Gasteiger partial charge is 0.306 e. The van der Waals surface area contributed by atoms with Crippen LogP contribution in [0.5, 0.6) is 0 Å². The zero-order valence-electron chi connectivity index (χ0n) is 8.69. The molecule has 5 heteroatoms. The van der Waals surface area contributed by atoms with Gasteiger partial charge in [-0.15, -0.1) is 0 Å². The first-order valence-electron chi connectivity index (χ1n) is 5.24. The zero-order chi connectivity index (χ0) is 11.5. The van der Waals surface area contributed by atoms with Gasteiger partial charge in [0.15, 0.2) is 0 Å². The molecule has 4 nitrogen and oxygen atoms in total. The predicted octanol–water partition coefficient (Wildman–Crippen LogP) is 1.86. The molecule has 0 radical (unpaired) electrons. The van der Waals surface area contributed by atoms with E-state index in [4.69, 9.17) is 16.7 Å².